The number of hydrogen-bond donors (Lipinski definition) is 1. The van der Waals surface area contributed by atoms with E-state index < -0.39 is 0 Å². The van der Waals surface area contributed by atoms with Gasteiger partial charge in [0.1, 0.15) is 12.4 Å². The van der Waals surface area contributed by atoms with E-state index >= 15 is 0 Å². The van der Waals surface area contributed by atoms with Gasteiger partial charge in [0.25, 0.3) is 0 Å². The van der Waals surface area contributed by atoms with Gasteiger partial charge in [0, 0.05) is 26.2 Å². The number of nitrogens with zero attached hydrogens (tertiary/aromatic N) is 1. The van der Waals surface area contributed by atoms with Gasteiger partial charge in [-0.2, -0.15) is 0 Å². The van der Waals surface area contributed by atoms with Gasteiger partial charge in [0.15, 0.2) is 0 Å². The Kier molecular flexibility index (Phi) is 4.99. The van der Waals surface area contributed by atoms with E-state index in [4.69, 9.17) is 9.15 Å². The van der Waals surface area contributed by atoms with Gasteiger partial charge in [-0.3, -0.25) is 4.79 Å². The third kappa shape index (κ3) is 3.81. The van der Waals surface area contributed by atoms with Gasteiger partial charge < -0.3 is 19.4 Å². The predicted molar refractivity (Wildman–Crippen MR) is 71.7 cm³/mol. The first-order valence-electron chi connectivity index (χ1n) is 6.77. The van der Waals surface area contributed by atoms with Crippen molar-refractivity contribution in [3.05, 3.63) is 24.2 Å². The third-order valence-electron chi connectivity index (χ3n) is 3.57. The summed E-state index contributed by atoms with van der Waals surface area (Å²) in [7, 11) is 1.55. The molecule has 1 aliphatic heterocycles. The number of piperidine rings is 1. The van der Waals surface area contributed by atoms with Gasteiger partial charge in [-0.05, 0) is 31.9 Å². The molecule has 0 radical (unpaired) electrons. The molecular formula is C14H22N2O3. The minimum atomic E-state index is 0.0834. The van der Waals surface area contributed by atoms with E-state index in [1.807, 2.05) is 17.0 Å². The molecular weight excluding hydrogens is 244 g/mol. The van der Waals surface area contributed by atoms with E-state index in [2.05, 4.69) is 12.2 Å². The summed E-state index contributed by atoms with van der Waals surface area (Å²) >= 11 is 0. The first-order valence-corrected chi connectivity index (χ1v) is 6.77. The highest BCUT2D eigenvalue weighted by Gasteiger charge is 2.24. The quantitative estimate of drug-likeness (QED) is 0.879. The Morgan fingerprint density at radius 2 is 2.32 bits per heavy atom. The first kappa shape index (κ1) is 14.1. The lowest BCUT2D eigenvalue weighted by atomic mass is 10.0. The highest BCUT2D eigenvalue weighted by molar-refractivity contribution is 5.77. The van der Waals surface area contributed by atoms with Crippen LogP contribution in [-0.2, 0) is 9.53 Å². The first-order chi connectivity index (χ1) is 9.20. The number of ether oxygens (including phenoxy) is 1. The van der Waals surface area contributed by atoms with Crippen LogP contribution in [0.4, 0.5) is 0 Å². The van der Waals surface area contributed by atoms with Crippen LogP contribution >= 0.6 is 0 Å². The molecule has 0 saturated carbocycles. The molecule has 5 heteroatoms. The minimum absolute atomic E-state index is 0.0834. The molecule has 0 bridgehead atoms. The maximum atomic E-state index is 11.7. The Balaban J connectivity index is 1.76. The molecule has 1 amide bonds. The van der Waals surface area contributed by atoms with Crippen molar-refractivity contribution < 1.29 is 13.9 Å². The van der Waals surface area contributed by atoms with Crippen LogP contribution in [0.15, 0.2) is 22.8 Å². The molecule has 1 aromatic heterocycles. The number of likely N-dealkylation sites (tertiary alicyclic amines) is 1. The van der Waals surface area contributed by atoms with Crippen molar-refractivity contribution in [1.82, 2.24) is 10.2 Å². The maximum absolute atomic E-state index is 11.7. The molecule has 1 saturated heterocycles. The van der Waals surface area contributed by atoms with Crippen LogP contribution in [-0.4, -0.2) is 43.7 Å². The van der Waals surface area contributed by atoms with E-state index in [-0.39, 0.29) is 18.6 Å². The second kappa shape index (κ2) is 6.73. The molecule has 2 rings (SSSR count). The molecule has 1 aliphatic rings. The summed E-state index contributed by atoms with van der Waals surface area (Å²) in [5.74, 6) is 1.04. The number of hydrogen-bond acceptors (Lipinski definition) is 4. The Hall–Kier alpha value is -1.33. The molecule has 106 valence electrons. The number of amides is 1. The largest absolute Gasteiger partial charge is 0.468 e. The van der Waals surface area contributed by atoms with Gasteiger partial charge in [0.05, 0.1) is 12.3 Å². The van der Waals surface area contributed by atoms with Crippen LogP contribution in [0, 0.1) is 0 Å². The molecule has 1 atom stereocenters. The Bertz CT molecular complexity index is 383. The van der Waals surface area contributed by atoms with E-state index in [1.54, 1.807) is 13.4 Å². The lowest BCUT2D eigenvalue weighted by Gasteiger charge is -2.33. The number of carbonyl (C=O) groups excluding carboxylic acids is 1. The summed E-state index contributed by atoms with van der Waals surface area (Å²) in [6, 6.07) is 4.53. The lowest BCUT2D eigenvalue weighted by molar-refractivity contribution is -0.136. The number of nitrogens with one attached hydrogen (secondary N) is 1. The van der Waals surface area contributed by atoms with E-state index in [0.717, 1.165) is 31.7 Å². The monoisotopic (exact) mass is 266 g/mol. The molecule has 0 spiro atoms. The number of rotatable bonds is 5. The van der Waals surface area contributed by atoms with Crippen molar-refractivity contribution in [3.8, 4) is 0 Å². The van der Waals surface area contributed by atoms with Crippen LogP contribution < -0.4 is 5.32 Å². The van der Waals surface area contributed by atoms with Crippen LogP contribution in [0.25, 0.3) is 0 Å². The average molecular weight is 266 g/mol. The normalized spacial score (nSPS) is 18.5. The fourth-order valence-electron chi connectivity index (χ4n) is 2.48. The van der Waals surface area contributed by atoms with Crippen LogP contribution in [0.1, 0.15) is 31.6 Å². The fraction of sp³-hybridized carbons (Fsp3) is 0.643. The zero-order valence-electron chi connectivity index (χ0n) is 11.6. The maximum Gasteiger partial charge on any atom is 0.248 e. The second-order valence-corrected chi connectivity index (χ2v) is 4.99. The highest BCUT2D eigenvalue weighted by Crippen LogP contribution is 2.17. The Labute approximate surface area is 113 Å². The highest BCUT2D eigenvalue weighted by atomic mass is 16.5. The molecule has 0 aromatic carbocycles. The van der Waals surface area contributed by atoms with Crippen molar-refractivity contribution >= 4 is 5.91 Å². The van der Waals surface area contributed by atoms with Gasteiger partial charge in [-0.1, -0.05) is 0 Å². The number of furan rings is 1. The molecule has 19 heavy (non-hydrogen) atoms. The summed E-state index contributed by atoms with van der Waals surface area (Å²) < 4.78 is 10.3. The summed E-state index contributed by atoms with van der Waals surface area (Å²) in [6.45, 7) is 3.87. The third-order valence-corrected chi connectivity index (χ3v) is 3.57. The molecule has 5 nitrogen and oxygen atoms in total. The van der Waals surface area contributed by atoms with Crippen LogP contribution in [0.5, 0.6) is 0 Å². The van der Waals surface area contributed by atoms with Crippen LogP contribution in [0.2, 0.25) is 0 Å². The molecule has 1 aromatic rings. The fourth-order valence-corrected chi connectivity index (χ4v) is 2.48. The van der Waals surface area contributed by atoms with Crippen molar-refractivity contribution in [2.45, 2.75) is 31.8 Å². The molecule has 1 N–H and O–H groups in total. The number of methoxy groups -OCH3 is 1. The van der Waals surface area contributed by atoms with Crippen molar-refractivity contribution in [3.63, 3.8) is 0 Å². The smallest absolute Gasteiger partial charge is 0.248 e. The summed E-state index contributed by atoms with van der Waals surface area (Å²) in [5, 5.41) is 3.55. The predicted octanol–water partition coefficient (Wildman–Crippen LogP) is 1.57. The zero-order valence-corrected chi connectivity index (χ0v) is 11.6. The lowest BCUT2D eigenvalue weighted by Crippen LogP contribution is -2.46. The van der Waals surface area contributed by atoms with Gasteiger partial charge in [-0.25, -0.2) is 0 Å². The average Bonchev–Trinajstić information content (AvgIpc) is 2.94. The van der Waals surface area contributed by atoms with E-state index in [0.29, 0.717) is 6.04 Å². The zero-order chi connectivity index (χ0) is 13.7. The van der Waals surface area contributed by atoms with Gasteiger partial charge >= 0.3 is 0 Å². The summed E-state index contributed by atoms with van der Waals surface area (Å²) in [4.78, 5) is 13.6. The van der Waals surface area contributed by atoms with E-state index in [1.165, 1.54) is 0 Å². The van der Waals surface area contributed by atoms with Crippen LogP contribution in [0.3, 0.4) is 0 Å². The van der Waals surface area contributed by atoms with E-state index in [9.17, 15) is 4.79 Å². The van der Waals surface area contributed by atoms with Gasteiger partial charge in [-0.15, -0.1) is 0 Å². The molecule has 0 aliphatic carbocycles. The summed E-state index contributed by atoms with van der Waals surface area (Å²) in [5.41, 5.74) is 0. The van der Waals surface area contributed by atoms with Crippen molar-refractivity contribution in [2.24, 2.45) is 0 Å². The molecule has 1 unspecified atom stereocenters. The molecule has 2 heterocycles. The second-order valence-electron chi connectivity index (χ2n) is 4.99. The Morgan fingerprint density at radius 3 is 2.89 bits per heavy atom. The topological polar surface area (TPSA) is 54.7 Å². The molecule has 1 fully saturated rings. The standard InChI is InChI=1S/C14H22N2O3/c1-11(13-4-3-9-19-13)15-12-5-7-16(8-6-12)14(17)10-18-2/h3-4,9,11-12,15H,5-8,10H2,1-2H3. The Morgan fingerprint density at radius 1 is 1.58 bits per heavy atom. The van der Waals surface area contributed by atoms with Crippen molar-refractivity contribution in [2.75, 3.05) is 26.8 Å². The van der Waals surface area contributed by atoms with Gasteiger partial charge in [0.2, 0.25) is 5.91 Å². The summed E-state index contributed by atoms with van der Waals surface area (Å²) in [6.07, 6.45) is 3.64. The van der Waals surface area contributed by atoms with Crippen molar-refractivity contribution in [1.29, 1.82) is 0 Å². The SMILES string of the molecule is COCC(=O)N1CCC(NC(C)c2ccco2)CC1. The number of carbonyl (C=O) groups is 1. The minimum Gasteiger partial charge on any atom is -0.468 e.